The van der Waals surface area contributed by atoms with Gasteiger partial charge >= 0.3 is 5.97 Å². The topological polar surface area (TPSA) is 55.4 Å². The molecule has 1 aliphatic rings. The third kappa shape index (κ3) is 3.77. The van der Waals surface area contributed by atoms with Gasteiger partial charge in [-0.15, -0.1) is 11.3 Å². The van der Waals surface area contributed by atoms with Crippen molar-refractivity contribution in [1.29, 1.82) is 0 Å². The molecule has 4 nitrogen and oxygen atoms in total. The molecule has 0 aromatic carbocycles. The summed E-state index contributed by atoms with van der Waals surface area (Å²) in [5.74, 6) is 0.139. The van der Waals surface area contributed by atoms with E-state index in [9.17, 15) is 9.59 Å². The lowest BCUT2D eigenvalue weighted by atomic mass is 9.69. The largest absolute Gasteiger partial charge is 0.462 e. The van der Waals surface area contributed by atoms with Crippen LogP contribution in [0.4, 0.5) is 5.00 Å². The van der Waals surface area contributed by atoms with E-state index in [2.05, 4.69) is 26.1 Å². The minimum atomic E-state index is -0.318. The van der Waals surface area contributed by atoms with E-state index in [4.69, 9.17) is 4.74 Å². The lowest BCUT2D eigenvalue weighted by molar-refractivity contribution is -0.114. The Hall–Kier alpha value is -1.36. The summed E-state index contributed by atoms with van der Waals surface area (Å²) >= 11 is 1.54. The molecule has 128 valence electrons. The number of fused-ring (bicyclic) bond motifs is 1. The van der Waals surface area contributed by atoms with Gasteiger partial charge in [0.15, 0.2) is 0 Å². The summed E-state index contributed by atoms with van der Waals surface area (Å²) in [6.07, 6.45) is 4.08. The highest BCUT2D eigenvalue weighted by Crippen LogP contribution is 2.45. The van der Waals surface area contributed by atoms with E-state index in [0.717, 1.165) is 31.2 Å². The van der Waals surface area contributed by atoms with Crippen molar-refractivity contribution in [3.05, 3.63) is 16.0 Å². The molecular weight excluding hydrogens is 310 g/mol. The fourth-order valence-corrected chi connectivity index (χ4v) is 4.57. The molecule has 23 heavy (non-hydrogen) atoms. The standard InChI is InChI=1S/C18H27NO3S/c1-6-18(4,5)12-8-9-13-14(10-12)23-16(19-11(3)20)15(13)17(21)22-7-2/h12H,6-10H2,1-5H3,(H,19,20)/t12-/m0/s1. The van der Waals surface area contributed by atoms with E-state index in [0.29, 0.717) is 28.5 Å². The third-order valence-corrected chi connectivity index (χ3v) is 6.22. The third-order valence-electron chi connectivity index (χ3n) is 5.05. The smallest absolute Gasteiger partial charge is 0.341 e. The van der Waals surface area contributed by atoms with Crippen LogP contribution in [0.3, 0.4) is 0 Å². The van der Waals surface area contributed by atoms with Gasteiger partial charge < -0.3 is 10.1 Å². The number of thiophene rings is 1. The number of ether oxygens (including phenoxy) is 1. The first-order valence-electron chi connectivity index (χ1n) is 8.39. The first-order valence-corrected chi connectivity index (χ1v) is 9.21. The van der Waals surface area contributed by atoms with Crippen LogP contribution in [-0.2, 0) is 22.4 Å². The van der Waals surface area contributed by atoms with E-state index >= 15 is 0 Å². The molecule has 5 heteroatoms. The summed E-state index contributed by atoms with van der Waals surface area (Å²) in [6, 6.07) is 0. The van der Waals surface area contributed by atoms with Gasteiger partial charge in [0.2, 0.25) is 5.91 Å². The SMILES string of the molecule is CCOC(=O)c1c(NC(C)=O)sc2c1CC[C@H](C(C)(C)CC)C2. The first kappa shape index (κ1) is 18.0. The second-order valence-corrected chi connectivity index (χ2v) is 8.00. The van der Waals surface area contributed by atoms with E-state index in [1.165, 1.54) is 11.8 Å². The Morgan fingerprint density at radius 2 is 2.04 bits per heavy atom. The normalized spacial score (nSPS) is 17.5. The maximum absolute atomic E-state index is 12.3. The van der Waals surface area contributed by atoms with Crippen LogP contribution in [0.5, 0.6) is 0 Å². The summed E-state index contributed by atoms with van der Waals surface area (Å²) in [5, 5.41) is 3.47. The molecule has 1 aliphatic carbocycles. The van der Waals surface area contributed by atoms with Crippen molar-refractivity contribution < 1.29 is 14.3 Å². The molecule has 0 aliphatic heterocycles. The van der Waals surface area contributed by atoms with Gasteiger partial charge in [-0.05, 0) is 43.1 Å². The predicted octanol–water partition coefficient (Wildman–Crippen LogP) is 4.42. The zero-order valence-electron chi connectivity index (χ0n) is 14.7. The Kier molecular flexibility index (Phi) is 5.50. The van der Waals surface area contributed by atoms with Crippen LogP contribution < -0.4 is 5.32 Å². The first-order chi connectivity index (χ1) is 10.8. The number of amides is 1. The summed E-state index contributed by atoms with van der Waals surface area (Å²) in [5.41, 5.74) is 1.95. The van der Waals surface area contributed by atoms with Crippen LogP contribution in [0.2, 0.25) is 0 Å². The lowest BCUT2D eigenvalue weighted by Crippen LogP contribution is -2.28. The highest BCUT2D eigenvalue weighted by molar-refractivity contribution is 7.17. The number of nitrogens with one attached hydrogen (secondary N) is 1. The zero-order valence-corrected chi connectivity index (χ0v) is 15.6. The van der Waals surface area contributed by atoms with Crippen molar-refractivity contribution >= 4 is 28.2 Å². The van der Waals surface area contributed by atoms with Crippen molar-refractivity contribution in [2.24, 2.45) is 11.3 Å². The second-order valence-electron chi connectivity index (χ2n) is 6.89. The highest BCUT2D eigenvalue weighted by Gasteiger charge is 2.35. The van der Waals surface area contributed by atoms with Crippen molar-refractivity contribution in [3.63, 3.8) is 0 Å². The minimum Gasteiger partial charge on any atom is -0.462 e. The number of carbonyl (C=O) groups is 2. The van der Waals surface area contributed by atoms with Crippen molar-refractivity contribution in [2.75, 3.05) is 11.9 Å². The predicted molar refractivity (Wildman–Crippen MR) is 94.2 cm³/mol. The van der Waals surface area contributed by atoms with Gasteiger partial charge in [-0.2, -0.15) is 0 Å². The van der Waals surface area contributed by atoms with E-state index in [1.54, 1.807) is 18.3 Å². The Bertz CT molecular complexity index is 604. The number of anilines is 1. The summed E-state index contributed by atoms with van der Waals surface area (Å²) < 4.78 is 5.21. The van der Waals surface area contributed by atoms with Crippen LogP contribution in [0.25, 0.3) is 0 Å². The molecule has 1 aromatic heterocycles. The molecule has 0 saturated carbocycles. The Morgan fingerprint density at radius 3 is 2.61 bits per heavy atom. The maximum atomic E-state index is 12.3. The second kappa shape index (κ2) is 7.04. The highest BCUT2D eigenvalue weighted by atomic mass is 32.1. The van der Waals surface area contributed by atoms with Gasteiger partial charge in [0.25, 0.3) is 0 Å². The monoisotopic (exact) mass is 337 g/mol. The molecule has 0 fully saturated rings. The Morgan fingerprint density at radius 1 is 1.35 bits per heavy atom. The van der Waals surface area contributed by atoms with Crippen LogP contribution in [0.1, 0.15) is 68.3 Å². The summed E-state index contributed by atoms with van der Waals surface area (Å²) in [6.45, 7) is 10.5. The number of carbonyl (C=O) groups excluding carboxylic acids is 2. The van der Waals surface area contributed by atoms with Gasteiger partial charge in [0.05, 0.1) is 12.2 Å². The van der Waals surface area contributed by atoms with Crippen molar-refractivity contribution in [1.82, 2.24) is 0 Å². The molecule has 1 aromatic rings. The molecule has 0 saturated heterocycles. The summed E-state index contributed by atoms with van der Waals surface area (Å²) in [7, 11) is 0. The number of rotatable bonds is 5. The molecule has 1 N–H and O–H groups in total. The fraction of sp³-hybridized carbons (Fsp3) is 0.667. The van der Waals surface area contributed by atoms with Gasteiger partial charge in [0, 0.05) is 11.8 Å². The van der Waals surface area contributed by atoms with Crippen LogP contribution in [0.15, 0.2) is 0 Å². The van der Waals surface area contributed by atoms with Gasteiger partial charge in [-0.1, -0.05) is 27.2 Å². The molecular formula is C18H27NO3S. The van der Waals surface area contributed by atoms with Crippen LogP contribution in [-0.4, -0.2) is 18.5 Å². The van der Waals surface area contributed by atoms with Gasteiger partial charge in [-0.25, -0.2) is 4.79 Å². The van der Waals surface area contributed by atoms with Crippen LogP contribution in [0, 0.1) is 11.3 Å². The molecule has 1 amide bonds. The van der Waals surface area contributed by atoms with Crippen molar-refractivity contribution in [2.45, 2.75) is 60.3 Å². The number of hydrogen-bond donors (Lipinski definition) is 1. The lowest BCUT2D eigenvalue weighted by Gasteiger charge is -2.36. The zero-order chi connectivity index (χ0) is 17.2. The van der Waals surface area contributed by atoms with E-state index in [1.807, 2.05) is 0 Å². The molecule has 0 spiro atoms. The molecule has 1 heterocycles. The van der Waals surface area contributed by atoms with E-state index < -0.39 is 0 Å². The van der Waals surface area contributed by atoms with Gasteiger partial charge in [0.1, 0.15) is 5.00 Å². The van der Waals surface area contributed by atoms with Crippen LogP contribution >= 0.6 is 11.3 Å². The molecule has 0 unspecified atom stereocenters. The fourth-order valence-electron chi connectivity index (χ4n) is 3.21. The minimum absolute atomic E-state index is 0.153. The number of hydrogen-bond acceptors (Lipinski definition) is 4. The maximum Gasteiger partial charge on any atom is 0.341 e. The molecule has 2 rings (SSSR count). The molecule has 0 bridgehead atoms. The Balaban J connectivity index is 2.38. The quantitative estimate of drug-likeness (QED) is 0.809. The molecule has 0 radical (unpaired) electrons. The number of esters is 1. The average Bonchev–Trinajstić information content (AvgIpc) is 2.83. The van der Waals surface area contributed by atoms with E-state index in [-0.39, 0.29) is 11.9 Å². The van der Waals surface area contributed by atoms with Crippen molar-refractivity contribution in [3.8, 4) is 0 Å². The average molecular weight is 337 g/mol. The van der Waals surface area contributed by atoms with Gasteiger partial charge in [-0.3, -0.25) is 4.79 Å². The summed E-state index contributed by atoms with van der Waals surface area (Å²) in [4.78, 5) is 25.1. The Labute approximate surface area is 142 Å². The molecule has 1 atom stereocenters.